The predicted molar refractivity (Wildman–Crippen MR) is 223 cm³/mol. The van der Waals surface area contributed by atoms with E-state index in [2.05, 4.69) is 149 Å². The monoisotopic (exact) mass is 784 g/mol. The number of benzene rings is 3. The molecule has 0 N–H and O–H groups in total. The van der Waals surface area contributed by atoms with Crippen molar-refractivity contribution in [1.82, 2.24) is 0 Å². The molecule has 7 rings (SSSR count). The Balaban J connectivity index is 0.000000546. The predicted octanol–water partition coefficient (Wildman–Crippen LogP) is 13.6. The van der Waals surface area contributed by atoms with Crippen LogP contribution in [0.1, 0.15) is 123 Å². The molecule has 1 atom stereocenters. The molecule has 0 nitrogen and oxygen atoms in total. The van der Waals surface area contributed by atoms with Gasteiger partial charge in [-0.15, -0.1) is 43.4 Å². The first-order valence-electron chi connectivity index (χ1n) is 17.4. The molecule has 4 aliphatic carbocycles. The van der Waals surface area contributed by atoms with Gasteiger partial charge in [0.05, 0.1) is 0 Å². The van der Waals surface area contributed by atoms with E-state index in [-0.39, 0.29) is 46.5 Å². The molecule has 0 fully saturated rings. The average molecular weight is 787 g/mol. The average Bonchev–Trinajstić information content (AvgIpc) is 3.74. The summed E-state index contributed by atoms with van der Waals surface area (Å²) in [6.07, 6.45) is 14.8. The van der Waals surface area contributed by atoms with Crippen LogP contribution < -0.4 is 0 Å². The molecule has 0 heterocycles. The zero-order valence-electron chi connectivity index (χ0n) is 32.9. The summed E-state index contributed by atoms with van der Waals surface area (Å²) in [5, 5.41) is 0. The van der Waals surface area contributed by atoms with Crippen LogP contribution in [0, 0.1) is 41.9 Å². The molecule has 0 saturated carbocycles. The van der Waals surface area contributed by atoms with Crippen LogP contribution in [-0.2, 0) is 41.5 Å². The Hall–Kier alpha value is -2.05. The number of hydrogen-bond donors (Lipinski definition) is 0. The molecule has 0 saturated heterocycles. The molecule has 3 heteroatoms. The first-order valence-corrected chi connectivity index (χ1v) is 19.1. The first-order chi connectivity index (χ1) is 22.4. The van der Waals surface area contributed by atoms with Crippen molar-refractivity contribution in [2.24, 2.45) is 16.7 Å². The molecule has 0 radical (unpaired) electrons. The van der Waals surface area contributed by atoms with Crippen LogP contribution in [0.2, 0.25) is 0 Å². The third-order valence-corrected chi connectivity index (χ3v) is 9.28. The standard InChI is InChI=1S/C31H37.C7H9.C6H5.C2H5.CH2.2ClH.Zr/c1-28(2,3)26-16-30(7,8)24-12-18-11-19-13-25-23(15-21(19)20(18)14-22(24)26)27(29(4,5)6)17-31(25,9)10;1-6-3-4-7(2)5-6;1-2-4-6-5-3-1;1-2;;;;/h12-16H,11H2,1-10H3;3,5,7H,1-2H3;1-5H;1H2,2H3;1H2;2*1H;/q4*-1;;;;. The molecule has 0 amide bonds. The molecule has 0 bridgehead atoms. The van der Waals surface area contributed by atoms with Gasteiger partial charge < -0.3 is 6.92 Å². The number of hydrogen-bond acceptors (Lipinski definition) is 0. The largest absolute Gasteiger partial charge is 0.184 e. The molecule has 4 aliphatic rings. The Morgan fingerprint density at radius 3 is 1.66 bits per heavy atom. The van der Waals surface area contributed by atoms with Gasteiger partial charge in [0.1, 0.15) is 0 Å². The zero-order valence-corrected chi connectivity index (χ0v) is 37.0. The molecule has 0 aromatic heterocycles. The van der Waals surface area contributed by atoms with Crippen LogP contribution in [0.15, 0.2) is 78.4 Å². The van der Waals surface area contributed by atoms with Crippen molar-refractivity contribution in [3.05, 3.63) is 137 Å². The third-order valence-electron chi connectivity index (χ3n) is 9.28. The van der Waals surface area contributed by atoms with E-state index >= 15 is 0 Å². The van der Waals surface area contributed by atoms with E-state index in [1.807, 2.05) is 36.4 Å². The fourth-order valence-corrected chi connectivity index (χ4v) is 7.04. The van der Waals surface area contributed by atoms with E-state index in [0.29, 0.717) is 5.92 Å². The van der Waals surface area contributed by atoms with Crippen molar-refractivity contribution in [3.63, 3.8) is 0 Å². The quantitative estimate of drug-likeness (QED) is 0.156. The van der Waals surface area contributed by atoms with E-state index < -0.39 is 0 Å². The summed E-state index contributed by atoms with van der Waals surface area (Å²) in [6.45, 7) is 32.6. The Bertz CT molecular complexity index is 1600. The summed E-state index contributed by atoms with van der Waals surface area (Å²) in [4.78, 5) is 0. The van der Waals surface area contributed by atoms with Gasteiger partial charge in [-0.2, -0.15) is 55.0 Å². The van der Waals surface area contributed by atoms with Gasteiger partial charge in [-0.3, -0.25) is 12.2 Å². The summed E-state index contributed by atoms with van der Waals surface area (Å²) in [5.41, 5.74) is 16.2. The molecular formula is C47H60Cl2Zr-4. The van der Waals surface area contributed by atoms with Crippen LogP contribution in [0.4, 0.5) is 0 Å². The molecule has 0 spiro atoms. The molecular weight excluding hydrogens is 727 g/mol. The minimum Gasteiger partial charge on any atom is -0.184 e. The number of allylic oxidation sites excluding steroid dienone is 8. The van der Waals surface area contributed by atoms with Gasteiger partial charge in [-0.05, 0) is 62.3 Å². The van der Waals surface area contributed by atoms with Crippen LogP contribution in [0.3, 0.4) is 0 Å². The van der Waals surface area contributed by atoms with Crippen molar-refractivity contribution in [1.29, 1.82) is 0 Å². The van der Waals surface area contributed by atoms with E-state index in [0.717, 1.165) is 6.42 Å². The van der Waals surface area contributed by atoms with E-state index in [1.165, 1.54) is 85.5 Å². The summed E-state index contributed by atoms with van der Waals surface area (Å²) in [6, 6.07) is 22.5. The second kappa shape index (κ2) is 18.1. The summed E-state index contributed by atoms with van der Waals surface area (Å²) in [5.74, 6) is 0.556. The summed E-state index contributed by atoms with van der Waals surface area (Å²) >= 11 is 1.30. The van der Waals surface area contributed by atoms with Crippen LogP contribution in [-0.4, -0.2) is 4.21 Å². The fourth-order valence-electron chi connectivity index (χ4n) is 7.04. The fraction of sp³-hybridized carbons (Fsp3) is 0.404. The van der Waals surface area contributed by atoms with Gasteiger partial charge in [0.2, 0.25) is 0 Å². The Kier molecular flexibility index (Phi) is 16.7. The number of rotatable bonds is 0. The Morgan fingerprint density at radius 1 is 0.760 bits per heavy atom. The van der Waals surface area contributed by atoms with E-state index in [9.17, 15) is 0 Å². The smallest absolute Gasteiger partial charge is 0.171 e. The first kappa shape index (κ1) is 46.0. The minimum absolute atomic E-state index is 0. The van der Waals surface area contributed by atoms with Crippen LogP contribution >= 0.6 is 24.8 Å². The maximum absolute atomic E-state index is 3.85. The minimum atomic E-state index is -0.0202. The Labute approximate surface area is 334 Å². The van der Waals surface area contributed by atoms with Gasteiger partial charge in [-0.1, -0.05) is 106 Å². The summed E-state index contributed by atoms with van der Waals surface area (Å²) in [7, 11) is 0. The van der Waals surface area contributed by atoms with Gasteiger partial charge in [-0.25, -0.2) is 17.2 Å². The second-order valence-electron chi connectivity index (χ2n) is 16.3. The summed E-state index contributed by atoms with van der Waals surface area (Å²) < 4.78 is 3.34. The van der Waals surface area contributed by atoms with E-state index in [4.69, 9.17) is 0 Å². The van der Waals surface area contributed by atoms with Crippen molar-refractivity contribution in [3.8, 4) is 11.1 Å². The third kappa shape index (κ3) is 10.3. The van der Waals surface area contributed by atoms with E-state index in [1.54, 1.807) is 6.92 Å². The number of fused-ring (bicyclic) bond motifs is 5. The molecule has 1 unspecified atom stereocenters. The normalized spacial score (nSPS) is 17.5. The van der Waals surface area contributed by atoms with Crippen molar-refractivity contribution in [2.45, 2.75) is 107 Å². The molecule has 3 aromatic rings. The SMILES string of the molecule is CC(C)(C)C1=[C-]C(C)(C)c2cc3c(cc21)-c1cc2c(cc1C3)C(C)(C)C=C2C(C)(C)C.CC1=CC(C)[C-]=C1.Cl.Cl.[CH2-]C.[CH2]=[Zr].[c-]1ccccc1. The molecule has 0 aliphatic heterocycles. The van der Waals surface area contributed by atoms with Crippen LogP contribution in [0.25, 0.3) is 22.3 Å². The second-order valence-corrected chi connectivity index (χ2v) is 16.3. The van der Waals surface area contributed by atoms with Gasteiger partial charge >= 0.3 is 28.4 Å². The van der Waals surface area contributed by atoms with Crippen molar-refractivity contribution < 1.29 is 24.2 Å². The van der Waals surface area contributed by atoms with Crippen molar-refractivity contribution in [2.75, 3.05) is 0 Å². The maximum Gasteiger partial charge on any atom is -0.171 e. The van der Waals surface area contributed by atoms with Gasteiger partial charge in [0.15, 0.2) is 0 Å². The van der Waals surface area contributed by atoms with Gasteiger partial charge in [0, 0.05) is 5.41 Å². The Morgan fingerprint density at radius 2 is 1.28 bits per heavy atom. The van der Waals surface area contributed by atoms with Crippen molar-refractivity contribution >= 4 is 40.2 Å². The van der Waals surface area contributed by atoms with Crippen LogP contribution in [0.5, 0.6) is 0 Å². The topological polar surface area (TPSA) is 0 Å². The molecule has 3 aromatic carbocycles. The molecule has 50 heavy (non-hydrogen) atoms. The molecule has 270 valence electrons. The zero-order chi connectivity index (χ0) is 36.2. The number of halogens is 2. The maximum atomic E-state index is 3.85. The van der Waals surface area contributed by atoms with Gasteiger partial charge in [0.25, 0.3) is 0 Å².